The SMILES string of the molecule is O=C(O)C1CSc2c(C3CC3)c(-c3cc(-c4c5ccccc5cc5ccccc45)no3)cc(=O)n21.c1c[nH]cn1. The van der Waals surface area contributed by atoms with E-state index in [1.807, 2.05) is 30.3 Å². The summed E-state index contributed by atoms with van der Waals surface area (Å²) in [5.41, 5.74) is 3.14. The predicted molar refractivity (Wildman–Crippen MR) is 155 cm³/mol. The summed E-state index contributed by atoms with van der Waals surface area (Å²) in [6, 6.07) is 21.2. The minimum Gasteiger partial charge on any atom is -0.480 e. The standard InChI is InChI=1S/C28H20N2O4S.C3H4N2/c31-24-12-20(25(15-9-10-15)27-30(24)22(14-35-27)28(32)33)23-13-21(29-34-23)26-18-7-3-1-5-16(18)11-17-6-2-4-8-19(17)26;1-2-5-3-4-1/h1-8,11-13,15,22H,9-10,14H2,(H,32,33);1-3H,(H,4,5). The molecule has 0 bridgehead atoms. The number of benzene rings is 3. The number of nitrogens with one attached hydrogen (secondary N) is 1. The number of thioether (sulfide) groups is 1. The van der Waals surface area contributed by atoms with Crippen LogP contribution in [0.5, 0.6) is 0 Å². The van der Waals surface area contributed by atoms with Gasteiger partial charge < -0.3 is 14.6 Å². The number of imidazole rings is 1. The van der Waals surface area contributed by atoms with Crippen molar-refractivity contribution < 1.29 is 14.4 Å². The summed E-state index contributed by atoms with van der Waals surface area (Å²) in [6.07, 6.45) is 7.12. The van der Waals surface area contributed by atoms with Gasteiger partial charge in [0.1, 0.15) is 11.7 Å². The lowest BCUT2D eigenvalue weighted by atomic mass is 9.94. The van der Waals surface area contributed by atoms with Gasteiger partial charge in [-0.15, -0.1) is 11.8 Å². The first-order chi connectivity index (χ1) is 19.6. The van der Waals surface area contributed by atoms with Gasteiger partial charge in [-0.05, 0) is 51.9 Å². The van der Waals surface area contributed by atoms with Gasteiger partial charge in [0.2, 0.25) is 0 Å². The van der Waals surface area contributed by atoms with Gasteiger partial charge in [0.15, 0.2) is 5.76 Å². The zero-order valence-corrected chi connectivity index (χ0v) is 22.1. The molecule has 0 saturated heterocycles. The van der Waals surface area contributed by atoms with Crippen molar-refractivity contribution in [1.82, 2.24) is 19.7 Å². The highest BCUT2D eigenvalue weighted by atomic mass is 32.2. The first kappa shape index (κ1) is 24.4. The maximum Gasteiger partial charge on any atom is 0.327 e. The molecule has 8 rings (SSSR count). The Hall–Kier alpha value is -4.63. The minimum absolute atomic E-state index is 0.304. The number of aromatic amines is 1. The zero-order valence-electron chi connectivity index (χ0n) is 21.3. The maximum atomic E-state index is 13.1. The summed E-state index contributed by atoms with van der Waals surface area (Å²) >= 11 is 1.45. The van der Waals surface area contributed by atoms with E-state index in [9.17, 15) is 14.7 Å². The molecule has 3 aromatic carbocycles. The molecular formula is C31H24N4O4S. The number of nitrogens with zero attached hydrogens (tertiary/aromatic N) is 3. The van der Waals surface area contributed by atoms with Gasteiger partial charge in [0, 0.05) is 41.4 Å². The smallest absolute Gasteiger partial charge is 0.327 e. The van der Waals surface area contributed by atoms with Crippen LogP contribution in [-0.2, 0) is 4.79 Å². The van der Waals surface area contributed by atoms with Crippen LogP contribution in [0.3, 0.4) is 0 Å². The molecule has 0 amide bonds. The maximum absolute atomic E-state index is 13.1. The third-order valence-electron chi connectivity index (χ3n) is 7.41. The third kappa shape index (κ3) is 4.19. The summed E-state index contributed by atoms with van der Waals surface area (Å²) in [5.74, 6) is 0.229. The molecule has 40 heavy (non-hydrogen) atoms. The molecule has 198 valence electrons. The van der Waals surface area contributed by atoms with Crippen molar-refractivity contribution in [1.29, 1.82) is 0 Å². The fourth-order valence-corrected chi connectivity index (χ4v) is 6.86. The van der Waals surface area contributed by atoms with Crippen LogP contribution in [0.1, 0.15) is 30.4 Å². The molecule has 6 aromatic rings. The average Bonchev–Trinajstić information content (AvgIpc) is 3.37. The summed E-state index contributed by atoms with van der Waals surface area (Å²) < 4.78 is 7.33. The second kappa shape index (κ2) is 9.84. The highest BCUT2D eigenvalue weighted by Crippen LogP contribution is 2.51. The van der Waals surface area contributed by atoms with E-state index in [1.165, 1.54) is 22.4 Å². The van der Waals surface area contributed by atoms with Crippen LogP contribution < -0.4 is 5.56 Å². The lowest BCUT2D eigenvalue weighted by Gasteiger charge is -2.14. The second-order valence-corrected chi connectivity index (χ2v) is 11.0. The Kier molecular flexibility index (Phi) is 6.00. The highest BCUT2D eigenvalue weighted by Gasteiger charge is 2.38. The van der Waals surface area contributed by atoms with Crippen molar-refractivity contribution in [3.05, 3.63) is 101 Å². The van der Waals surface area contributed by atoms with Crippen LogP contribution in [0.15, 0.2) is 99.8 Å². The van der Waals surface area contributed by atoms with Gasteiger partial charge in [-0.1, -0.05) is 53.7 Å². The number of aliphatic carboxylic acids is 1. The Morgan fingerprint density at radius 1 is 1.02 bits per heavy atom. The van der Waals surface area contributed by atoms with Crippen molar-refractivity contribution in [2.75, 3.05) is 5.75 Å². The van der Waals surface area contributed by atoms with Crippen LogP contribution in [0, 0.1) is 0 Å². The van der Waals surface area contributed by atoms with Crippen molar-refractivity contribution in [2.45, 2.75) is 29.8 Å². The molecule has 8 nitrogen and oxygen atoms in total. The van der Waals surface area contributed by atoms with Crippen LogP contribution in [-0.4, -0.2) is 36.5 Å². The number of hydrogen-bond donors (Lipinski definition) is 2. The quantitative estimate of drug-likeness (QED) is 0.242. The highest BCUT2D eigenvalue weighted by molar-refractivity contribution is 7.99. The van der Waals surface area contributed by atoms with Crippen LogP contribution in [0.25, 0.3) is 44.1 Å². The van der Waals surface area contributed by atoms with E-state index in [0.717, 1.165) is 56.1 Å². The van der Waals surface area contributed by atoms with Crippen LogP contribution in [0.4, 0.5) is 0 Å². The molecule has 1 saturated carbocycles. The number of hydrogen-bond acceptors (Lipinski definition) is 6. The third-order valence-corrected chi connectivity index (χ3v) is 8.59. The van der Waals surface area contributed by atoms with Gasteiger partial charge in [0.25, 0.3) is 5.56 Å². The van der Waals surface area contributed by atoms with Gasteiger partial charge in [-0.25, -0.2) is 9.78 Å². The lowest BCUT2D eigenvalue weighted by molar-refractivity contribution is -0.140. The van der Waals surface area contributed by atoms with E-state index in [-0.39, 0.29) is 5.56 Å². The monoisotopic (exact) mass is 548 g/mol. The molecule has 0 spiro atoms. The molecule has 1 aliphatic carbocycles. The molecule has 2 aliphatic rings. The normalized spacial score (nSPS) is 16.1. The van der Waals surface area contributed by atoms with Gasteiger partial charge in [-0.2, -0.15) is 0 Å². The topological polar surface area (TPSA) is 114 Å². The predicted octanol–water partition coefficient (Wildman–Crippen LogP) is 6.50. The Bertz CT molecular complexity index is 1870. The molecule has 4 heterocycles. The average molecular weight is 549 g/mol. The summed E-state index contributed by atoms with van der Waals surface area (Å²) in [7, 11) is 0. The molecular weight excluding hydrogens is 524 g/mol. The first-order valence-electron chi connectivity index (χ1n) is 13.1. The second-order valence-electron chi connectivity index (χ2n) is 9.96. The van der Waals surface area contributed by atoms with E-state index in [0.29, 0.717) is 23.1 Å². The van der Waals surface area contributed by atoms with E-state index in [4.69, 9.17) is 4.52 Å². The Morgan fingerprint density at radius 2 is 1.75 bits per heavy atom. The number of fused-ring (bicyclic) bond motifs is 3. The molecule has 1 fully saturated rings. The number of rotatable bonds is 4. The van der Waals surface area contributed by atoms with Gasteiger partial charge in [-0.3, -0.25) is 9.36 Å². The number of aromatic nitrogens is 4. The fourth-order valence-electron chi connectivity index (χ4n) is 5.47. The number of carboxylic acid groups (broad SMARTS) is 1. The number of H-pyrrole nitrogens is 1. The lowest BCUT2D eigenvalue weighted by Crippen LogP contribution is -2.29. The number of carbonyl (C=O) groups is 1. The molecule has 0 radical (unpaired) electrons. The van der Waals surface area contributed by atoms with Crippen molar-refractivity contribution in [3.63, 3.8) is 0 Å². The van der Waals surface area contributed by atoms with E-state index in [1.54, 1.807) is 18.7 Å². The van der Waals surface area contributed by atoms with Crippen LogP contribution >= 0.6 is 11.8 Å². The Labute approximate surface area is 232 Å². The van der Waals surface area contributed by atoms with E-state index >= 15 is 0 Å². The van der Waals surface area contributed by atoms with Gasteiger partial charge >= 0.3 is 5.97 Å². The zero-order chi connectivity index (χ0) is 27.2. The van der Waals surface area contributed by atoms with Crippen molar-refractivity contribution >= 4 is 39.3 Å². The molecule has 3 aromatic heterocycles. The van der Waals surface area contributed by atoms with Crippen molar-refractivity contribution in [3.8, 4) is 22.6 Å². The van der Waals surface area contributed by atoms with E-state index < -0.39 is 12.0 Å². The van der Waals surface area contributed by atoms with Gasteiger partial charge in [0.05, 0.1) is 11.4 Å². The summed E-state index contributed by atoms with van der Waals surface area (Å²) in [4.78, 5) is 31.2. The largest absolute Gasteiger partial charge is 0.480 e. The minimum atomic E-state index is -0.974. The number of pyridine rings is 1. The van der Waals surface area contributed by atoms with E-state index in [2.05, 4.69) is 45.5 Å². The Morgan fingerprint density at radius 3 is 2.35 bits per heavy atom. The molecule has 1 unspecified atom stereocenters. The summed E-state index contributed by atoms with van der Waals surface area (Å²) in [6.45, 7) is 0. The number of carboxylic acids is 1. The molecule has 1 aliphatic heterocycles. The molecule has 9 heteroatoms. The fraction of sp³-hybridized carbons (Fsp3) is 0.161. The Balaban J connectivity index is 0.000000480. The van der Waals surface area contributed by atoms with Crippen LogP contribution in [0.2, 0.25) is 0 Å². The van der Waals surface area contributed by atoms with Crippen molar-refractivity contribution in [2.24, 2.45) is 0 Å². The first-order valence-corrected chi connectivity index (χ1v) is 14.0. The summed E-state index contributed by atoms with van der Waals surface area (Å²) in [5, 5.41) is 19.3. The molecule has 2 N–H and O–H groups in total. The molecule has 1 atom stereocenters.